The molecule has 1 aliphatic carbocycles. The SMILES string of the molecule is CCOc1ccccc1Nc1nnc(SCC(=O)Nc2sc3c(c2C#N)CCCCC3)s1. The van der Waals surface area contributed by atoms with Crippen molar-refractivity contribution in [3.05, 3.63) is 40.3 Å². The number of fused-ring (bicyclic) bond motifs is 1. The summed E-state index contributed by atoms with van der Waals surface area (Å²) in [5.74, 6) is 0.813. The Labute approximate surface area is 199 Å². The molecule has 2 N–H and O–H groups in total. The molecule has 3 aromatic rings. The van der Waals surface area contributed by atoms with Crippen LogP contribution in [0.25, 0.3) is 0 Å². The molecule has 0 atom stereocenters. The van der Waals surface area contributed by atoms with Crippen molar-refractivity contribution in [2.24, 2.45) is 0 Å². The summed E-state index contributed by atoms with van der Waals surface area (Å²) in [4.78, 5) is 13.8. The van der Waals surface area contributed by atoms with Crippen molar-refractivity contribution in [1.82, 2.24) is 10.2 Å². The van der Waals surface area contributed by atoms with E-state index in [4.69, 9.17) is 4.74 Å². The number of anilines is 3. The molecular weight excluding hydrogens is 462 g/mol. The third-order valence-electron chi connectivity index (χ3n) is 4.95. The minimum atomic E-state index is -0.144. The highest BCUT2D eigenvalue weighted by Crippen LogP contribution is 2.37. The predicted molar refractivity (Wildman–Crippen MR) is 130 cm³/mol. The molecule has 2 heterocycles. The molecule has 0 bridgehead atoms. The number of carbonyl (C=O) groups excluding carboxylic acids is 1. The fourth-order valence-corrected chi connectivity index (χ4v) is 6.34. The number of hydrogen-bond acceptors (Lipinski definition) is 9. The van der Waals surface area contributed by atoms with Gasteiger partial charge in [0.05, 0.1) is 23.6 Å². The van der Waals surface area contributed by atoms with Crippen molar-refractivity contribution in [2.75, 3.05) is 23.0 Å². The van der Waals surface area contributed by atoms with Crippen molar-refractivity contribution >= 4 is 56.2 Å². The molecule has 0 fully saturated rings. The Hall–Kier alpha value is -2.61. The summed E-state index contributed by atoms with van der Waals surface area (Å²) in [6.07, 6.45) is 5.35. The van der Waals surface area contributed by atoms with Crippen LogP contribution < -0.4 is 15.4 Å². The molecule has 10 heteroatoms. The second-order valence-electron chi connectivity index (χ2n) is 7.14. The molecule has 0 spiro atoms. The molecule has 166 valence electrons. The topological polar surface area (TPSA) is 99.9 Å². The molecule has 1 amide bonds. The van der Waals surface area contributed by atoms with Gasteiger partial charge in [-0.15, -0.1) is 21.5 Å². The van der Waals surface area contributed by atoms with E-state index in [-0.39, 0.29) is 11.7 Å². The molecule has 0 aliphatic heterocycles. The summed E-state index contributed by atoms with van der Waals surface area (Å²) in [6.45, 7) is 2.51. The number of ether oxygens (including phenoxy) is 1. The van der Waals surface area contributed by atoms with E-state index in [0.717, 1.165) is 42.7 Å². The number of amides is 1. The van der Waals surface area contributed by atoms with Gasteiger partial charge in [-0.3, -0.25) is 4.79 Å². The average molecular weight is 486 g/mol. The predicted octanol–water partition coefficient (Wildman–Crippen LogP) is 5.61. The van der Waals surface area contributed by atoms with E-state index in [9.17, 15) is 10.1 Å². The van der Waals surface area contributed by atoms with E-state index >= 15 is 0 Å². The van der Waals surface area contributed by atoms with Crippen molar-refractivity contribution in [1.29, 1.82) is 5.26 Å². The maximum Gasteiger partial charge on any atom is 0.235 e. The molecule has 2 aromatic heterocycles. The number of carbonyl (C=O) groups is 1. The highest BCUT2D eigenvalue weighted by molar-refractivity contribution is 8.01. The maximum atomic E-state index is 12.5. The van der Waals surface area contributed by atoms with Gasteiger partial charge in [-0.1, -0.05) is 41.7 Å². The molecule has 0 saturated heterocycles. The van der Waals surface area contributed by atoms with Gasteiger partial charge < -0.3 is 15.4 Å². The molecule has 0 unspecified atom stereocenters. The van der Waals surface area contributed by atoms with Gasteiger partial charge in [0.1, 0.15) is 16.8 Å². The standard InChI is InChI=1S/C22H23N5O2S3/c1-2-29-17-10-7-6-9-16(17)24-21-26-27-22(32-21)30-13-19(28)25-20-15(12-23)14-8-4-3-5-11-18(14)31-20/h6-7,9-10H,2-5,8,11,13H2,1H3,(H,24,26)(H,25,28). The van der Waals surface area contributed by atoms with Crippen molar-refractivity contribution in [3.63, 3.8) is 0 Å². The summed E-state index contributed by atoms with van der Waals surface area (Å²) >= 11 is 4.26. The third kappa shape index (κ3) is 5.41. The molecule has 1 aromatic carbocycles. The Morgan fingerprint density at radius 3 is 2.91 bits per heavy atom. The molecule has 32 heavy (non-hydrogen) atoms. The van der Waals surface area contributed by atoms with Crippen LogP contribution in [0.4, 0.5) is 15.8 Å². The van der Waals surface area contributed by atoms with Crippen molar-refractivity contribution in [2.45, 2.75) is 43.4 Å². The minimum absolute atomic E-state index is 0.144. The van der Waals surface area contributed by atoms with Crippen LogP contribution in [0, 0.1) is 11.3 Å². The van der Waals surface area contributed by atoms with Gasteiger partial charge in [0, 0.05) is 4.88 Å². The second kappa shape index (κ2) is 10.8. The lowest BCUT2D eigenvalue weighted by atomic mass is 10.1. The van der Waals surface area contributed by atoms with Crippen LogP contribution in [0.3, 0.4) is 0 Å². The van der Waals surface area contributed by atoms with Crippen molar-refractivity contribution in [3.8, 4) is 11.8 Å². The number of nitrogens with one attached hydrogen (secondary N) is 2. The Balaban J connectivity index is 1.35. The fourth-order valence-electron chi connectivity index (χ4n) is 3.52. The lowest BCUT2D eigenvalue weighted by molar-refractivity contribution is -0.113. The first-order chi connectivity index (χ1) is 15.7. The number of nitrogens with zero attached hydrogens (tertiary/aromatic N) is 3. The quantitative estimate of drug-likeness (QED) is 0.316. The maximum absolute atomic E-state index is 12.5. The van der Waals surface area contributed by atoms with Crippen LogP contribution in [0.1, 0.15) is 42.2 Å². The number of aromatic nitrogens is 2. The number of nitriles is 1. The summed E-state index contributed by atoms with van der Waals surface area (Å²) < 4.78 is 6.31. The van der Waals surface area contributed by atoms with Gasteiger partial charge in [0.15, 0.2) is 4.34 Å². The van der Waals surface area contributed by atoms with Crippen LogP contribution in [-0.2, 0) is 17.6 Å². The van der Waals surface area contributed by atoms with Gasteiger partial charge in [-0.25, -0.2) is 0 Å². The Morgan fingerprint density at radius 2 is 2.06 bits per heavy atom. The molecular formula is C22H23N5O2S3. The smallest absolute Gasteiger partial charge is 0.235 e. The van der Waals surface area contributed by atoms with Crippen molar-refractivity contribution < 1.29 is 9.53 Å². The molecule has 1 aliphatic rings. The summed E-state index contributed by atoms with van der Waals surface area (Å²) in [6, 6.07) is 9.95. The third-order valence-corrected chi connectivity index (χ3v) is 8.13. The van der Waals surface area contributed by atoms with Gasteiger partial charge in [-0.2, -0.15) is 5.26 Å². The highest BCUT2D eigenvalue weighted by Gasteiger charge is 2.21. The Bertz CT molecular complexity index is 1140. The van der Waals surface area contributed by atoms with E-state index in [1.165, 1.54) is 34.4 Å². The second-order valence-corrected chi connectivity index (χ2v) is 10.4. The lowest BCUT2D eigenvalue weighted by Gasteiger charge is -2.09. The van der Waals surface area contributed by atoms with Crippen LogP contribution in [0.15, 0.2) is 28.6 Å². The Morgan fingerprint density at radius 1 is 1.22 bits per heavy atom. The number of thiophene rings is 1. The van der Waals surface area contributed by atoms with Gasteiger partial charge in [0.25, 0.3) is 0 Å². The van der Waals surface area contributed by atoms with Gasteiger partial charge >= 0.3 is 0 Å². The molecule has 0 radical (unpaired) electrons. The summed E-state index contributed by atoms with van der Waals surface area (Å²) in [5.41, 5.74) is 2.59. The van der Waals surface area contributed by atoms with Gasteiger partial charge in [0.2, 0.25) is 11.0 Å². The van der Waals surface area contributed by atoms with E-state index in [1.807, 2.05) is 31.2 Å². The first-order valence-electron chi connectivity index (χ1n) is 10.5. The van der Waals surface area contributed by atoms with Crippen LogP contribution in [0.2, 0.25) is 0 Å². The number of aryl methyl sites for hydroxylation is 1. The van der Waals surface area contributed by atoms with Crippen LogP contribution >= 0.6 is 34.4 Å². The zero-order valence-electron chi connectivity index (χ0n) is 17.6. The monoisotopic (exact) mass is 485 g/mol. The lowest BCUT2D eigenvalue weighted by Crippen LogP contribution is -2.13. The largest absolute Gasteiger partial charge is 0.492 e. The number of hydrogen-bond donors (Lipinski definition) is 2. The zero-order chi connectivity index (χ0) is 22.3. The number of para-hydroxylation sites is 2. The molecule has 0 saturated carbocycles. The van der Waals surface area contributed by atoms with E-state index in [0.29, 0.717) is 26.6 Å². The first kappa shape index (κ1) is 22.6. The minimum Gasteiger partial charge on any atom is -0.492 e. The van der Waals surface area contributed by atoms with Crippen LogP contribution in [-0.4, -0.2) is 28.5 Å². The van der Waals surface area contributed by atoms with Crippen LogP contribution in [0.5, 0.6) is 5.75 Å². The van der Waals surface area contributed by atoms with Gasteiger partial charge in [-0.05, 0) is 50.3 Å². The number of rotatable bonds is 8. The zero-order valence-corrected chi connectivity index (χ0v) is 20.1. The van der Waals surface area contributed by atoms with E-state index in [1.54, 1.807) is 11.3 Å². The first-order valence-corrected chi connectivity index (χ1v) is 13.1. The normalized spacial score (nSPS) is 13.0. The summed E-state index contributed by atoms with van der Waals surface area (Å²) in [5, 5.41) is 25.4. The fraction of sp³-hybridized carbons (Fsp3) is 0.364. The van der Waals surface area contributed by atoms with E-state index < -0.39 is 0 Å². The molecule has 4 rings (SSSR count). The molecule has 7 nitrogen and oxygen atoms in total. The number of benzene rings is 1. The Kier molecular flexibility index (Phi) is 7.63. The van der Waals surface area contributed by atoms with E-state index in [2.05, 4.69) is 26.9 Å². The highest BCUT2D eigenvalue weighted by atomic mass is 32.2. The average Bonchev–Trinajstić information content (AvgIpc) is 3.30. The summed E-state index contributed by atoms with van der Waals surface area (Å²) in [7, 11) is 0. The number of thioether (sulfide) groups is 1.